The van der Waals surface area contributed by atoms with E-state index in [2.05, 4.69) is 10.3 Å². The van der Waals surface area contributed by atoms with Crippen molar-refractivity contribution < 1.29 is 13.2 Å². The number of nitrogens with one attached hydrogen (secondary N) is 1. The molecule has 0 aliphatic carbocycles. The first-order valence-corrected chi connectivity index (χ1v) is 6.24. The Morgan fingerprint density at radius 2 is 1.86 bits per heavy atom. The van der Waals surface area contributed by atoms with Crippen LogP contribution in [0.25, 0.3) is 0 Å². The lowest BCUT2D eigenvalue weighted by molar-refractivity contribution is -0.137. The van der Waals surface area contributed by atoms with Gasteiger partial charge in [0.1, 0.15) is 11.0 Å². The predicted octanol–water partition coefficient (Wildman–Crippen LogP) is 4.24. The second-order valence-corrected chi connectivity index (χ2v) is 4.61. The highest BCUT2D eigenvalue weighted by molar-refractivity contribution is 6.29. The maximum atomic E-state index is 12.6. The molecule has 0 atom stereocenters. The number of halogens is 4. The van der Waals surface area contributed by atoms with Gasteiger partial charge in [0.2, 0.25) is 0 Å². The molecular weight excluding hydrogens is 303 g/mol. The summed E-state index contributed by atoms with van der Waals surface area (Å²) in [5, 5.41) is 11.2. The molecule has 21 heavy (non-hydrogen) atoms. The number of alkyl halides is 3. The summed E-state index contributed by atoms with van der Waals surface area (Å²) in [4.78, 5) is 3.80. The molecule has 1 aromatic heterocycles. The second-order valence-electron chi connectivity index (χ2n) is 4.22. The highest BCUT2D eigenvalue weighted by Gasteiger charge is 2.31. The minimum atomic E-state index is -4.47. The van der Waals surface area contributed by atoms with Gasteiger partial charge in [-0.15, -0.1) is 0 Å². The maximum absolute atomic E-state index is 12.6. The molecule has 0 saturated carbocycles. The van der Waals surface area contributed by atoms with Crippen molar-refractivity contribution in [3.05, 3.63) is 58.2 Å². The fraction of sp³-hybridized carbons (Fsp3) is 0.143. The van der Waals surface area contributed by atoms with E-state index in [-0.39, 0.29) is 17.5 Å². The zero-order valence-electron chi connectivity index (χ0n) is 10.6. The molecule has 0 aliphatic heterocycles. The first kappa shape index (κ1) is 15.1. The molecule has 108 valence electrons. The van der Waals surface area contributed by atoms with E-state index >= 15 is 0 Å². The van der Waals surface area contributed by atoms with E-state index in [1.807, 2.05) is 6.07 Å². The molecule has 1 N–H and O–H groups in total. The van der Waals surface area contributed by atoms with Gasteiger partial charge < -0.3 is 5.32 Å². The van der Waals surface area contributed by atoms with E-state index in [9.17, 15) is 13.2 Å². The van der Waals surface area contributed by atoms with Crippen molar-refractivity contribution in [2.24, 2.45) is 0 Å². The first-order valence-electron chi connectivity index (χ1n) is 5.86. The number of hydrogen-bond donors (Lipinski definition) is 1. The number of anilines is 1. The molecular formula is C14H9ClF3N3. The van der Waals surface area contributed by atoms with Crippen LogP contribution in [0.15, 0.2) is 36.4 Å². The molecule has 1 aromatic carbocycles. The fourth-order valence-electron chi connectivity index (χ4n) is 1.64. The van der Waals surface area contributed by atoms with Gasteiger partial charge in [-0.2, -0.15) is 18.4 Å². The van der Waals surface area contributed by atoms with Gasteiger partial charge in [-0.25, -0.2) is 4.98 Å². The van der Waals surface area contributed by atoms with Crippen LogP contribution in [0.4, 0.5) is 19.0 Å². The summed E-state index contributed by atoms with van der Waals surface area (Å²) in [6.45, 7) is 0.274. The highest BCUT2D eigenvalue weighted by atomic mass is 35.5. The minimum Gasteiger partial charge on any atom is -0.366 e. The monoisotopic (exact) mass is 311 g/mol. The molecule has 2 rings (SSSR count). The summed E-state index contributed by atoms with van der Waals surface area (Å²) in [5.74, 6) is 0.0409. The van der Waals surface area contributed by atoms with Crippen LogP contribution in [0, 0.1) is 11.3 Å². The Kier molecular flexibility index (Phi) is 4.34. The van der Waals surface area contributed by atoms with Crippen molar-refractivity contribution in [2.75, 3.05) is 5.32 Å². The van der Waals surface area contributed by atoms with Crippen molar-refractivity contribution in [3.8, 4) is 6.07 Å². The Morgan fingerprint density at radius 1 is 1.19 bits per heavy atom. The molecule has 0 spiro atoms. The number of benzene rings is 1. The Labute approximate surface area is 124 Å². The lowest BCUT2D eigenvalue weighted by Gasteiger charge is -2.11. The Hall–Kier alpha value is -2.26. The second kappa shape index (κ2) is 6.02. The Balaban J connectivity index is 2.12. The van der Waals surface area contributed by atoms with Crippen LogP contribution in [0.5, 0.6) is 0 Å². The lowest BCUT2D eigenvalue weighted by Crippen LogP contribution is -2.08. The number of nitriles is 1. The normalized spacial score (nSPS) is 11.0. The van der Waals surface area contributed by atoms with Crippen LogP contribution in [-0.2, 0) is 12.7 Å². The molecule has 0 amide bonds. The number of pyridine rings is 1. The van der Waals surface area contributed by atoms with Crippen molar-refractivity contribution >= 4 is 17.4 Å². The molecule has 1 heterocycles. The number of rotatable bonds is 3. The quantitative estimate of drug-likeness (QED) is 0.863. The summed E-state index contributed by atoms with van der Waals surface area (Å²) in [5.41, 5.74) is 0.466. The van der Waals surface area contributed by atoms with Gasteiger partial charge in [0.05, 0.1) is 17.2 Å². The van der Waals surface area contributed by atoms with Crippen LogP contribution in [-0.4, -0.2) is 4.98 Å². The summed E-state index contributed by atoms with van der Waals surface area (Å²) < 4.78 is 37.9. The number of hydrogen-bond acceptors (Lipinski definition) is 3. The topological polar surface area (TPSA) is 48.7 Å². The van der Waals surface area contributed by atoms with Crippen molar-refractivity contribution in [2.45, 2.75) is 12.7 Å². The molecule has 0 fully saturated rings. The van der Waals surface area contributed by atoms with E-state index in [1.54, 1.807) is 24.3 Å². The zero-order chi connectivity index (χ0) is 15.5. The van der Waals surface area contributed by atoms with Gasteiger partial charge in [-0.05, 0) is 29.8 Å². The van der Waals surface area contributed by atoms with Crippen molar-refractivity contribution in [1.82, 2.24) is 4.98 Å². The van der Waals surface area contributed by atoms with Crippen LogP contribution in [0.2, 0.25) is 5.15 Å². The van der Waals surface area contributed by atoms with Gasteiger partial charge in [0.15, 0.2) is 0 Å². The van der Waals surface area contributed by atoms with Crippen LogP contribution >= 0.6 is 11.6 Å². The fourth-order valence-corrected chi connectivity index (χ4v) is 1.85. The number of nitrogens with zero attached hydrogens (tertiary/aromatic N) is 2. The molecule has 0 bridgehead atoms. The third-order valence-electron chi connectivity index (χ3n) is 2.68. The van der Waals surface area contributed by atoms with Crippen molar-refractivity contribution in [1.29, 1.82) is 5.26 Å². The van der Waals surface area contributed by atoms with E-state index in [4.69, 9.17) is 16.9 Å². The molecule has 0 aliphatic rings. The van der Waals surface area contributed by atoms with Crippen LogP contribution in [0.3, 0.4) is 0 Å². The summed E-state index contributed by atoms with van der Waals surface area (Å²) in [7, 11) is 0. The molecule has 2 aromatic rings. The Bertz CT molecular complexity index is 675. The lowest BCUT2D eigenvalue weighted by atomic mass is 10.1. The third kappa shape index (κ3) is 4.10. The average Bonchev–Trinajstić information content (AvgIpc) is 2.44. The zero-order valence-corrected chi connectivity index (χ0v) is 11.3. The molecule has 0 radical (unpaired) electrons. The highest BCUT2D eigenvalue weighted by Crippen LogP contribution is 2.32. The summed E-state index contributed by atoms with van der Waals surface area (Å²) in [6, 6.07) is 10.3. The van der Waals surface area contributed by atoms with Crippen LogP contribution in [0.1, 0.15) is 16.7 Å². The van der Waals surface area contributed by atoms with E-state index in [1.165, 1.54) is 0 Å². The average molecular weight is 312 g/mol. The maximum Gasteiger partial charge on any atom is 0.416 e. The van der Waals surface area contributed by atoms with Crippen molar-refractivity contribution in [3.63, 3.8) is 0 Å². The first-order chi connectivity index (χ1) is 9.88. The standard InChI is InChI=1S/C14H9ClF3N3/c15-12-5-11(14(16,17)18)6-13(21-12)20-8-10-3-1-9(7-19)2-4-10/h1-6H,8H2,(H,20,21). The number of aromatic nitrogens is 1. The van der Waals surface area contributed by atoms with Gasteiger partial charge in [0.25, 0.3) is 0 Å². The summed E-state index contributed by atoms with van der Waals surface area (Å²) in [6.07, 6.45) is -4.47. The molecule has 7 heteroatoms. The van der Waals surface area contributed by atoms with Gasteiger partial charge in [-0.1, -0.05) is 23.7 Å². The Morgan fingerprint density at radius 3 is 2.43 bits per heavy atom. The molecule has 3 nitrogen and oxygen atoms in total. The molecule has 0 unspecified atom stereocenters. The molecule has 0 saturated heterocycles. The third-order valence-corrected chi connectivity index (χ3v) is 2.87. The van der Waals surface area contributed by atoms with Crippen LogP contribution < -0.4 is 5.32 Å². The SMILES string of the molecule is N#Cc1ccc(CNc2cc(C(F)(F)F)cc(Cl)n2)cc1. The van der Waals surface area contributed by atoms with Gasteiger partial charge >= 0.3 is 6.18 Å². The predicted molar refractivity (Wildman–Crippen MR) is 72.7 cm³/mol. The summed E-state index contributed by atoms with van der Waals surface area (Å²) >= 11 is 5.59. The van der Waals surface area contributed by atoms with E-state index in [0.29, 0.717) is 5.56 Å². The largest absolute Gasteiger partial charge is 0.416 e. The van der Waals surface area contributed by atoms with E-state index < -0.39 is 11.7 Å². The van der Waals surface area contributed by atoms with E-state index in [0.717, 1.165) is 17.7 Å². The van der Waals surface area contributed by atoms with Gasteiger partial charge in [-0.3, -0.25) is 0 Å². The minimum absolute atomic E-state index is 0.0409. The van der Waals surface area contributed by atoms with Gasteiger partial charge in [0, 0.05) is 6.54 Å². The smallest absolute Gasteiger partial charge is 0.366 e.